The fraction of sp³-hybridized carbons (Fsp3) is 0.200. The lowest BCUT2D eigenvalue weighted by Gasteiger charge is -2.09. The lowest BCUT2D eigenvalue weighted by Crippen LogP contribution is -2.26. The summed E-state index contributed by atoms with van der Waals surface area (Å²) in [5.41, 5.74) is 1.17. The van der Waals surface area contributed by atoms with Gasteiger partial charge in [-0.05, 0) is 28.6 Å². The average molecular weight is 390 g/mol. The van der Waals surface area contributed by atoms with Gasteiger partial charge in [-0.25, -0.2) is 0 Å². The first-order chi connectivity index (χ1) is 13.3. The molecule has 0 aliphatic rings. The van der Waals surface area contributed by atoms with Crippen molar-refractivity contribution >= 4 is 16.7 Å². The molecule has 1 amide bonds. The van der Waals surface area contributed by atoms with Gasteiger partial charge in [0, 0.05) is 11.9 Å². The summed E-state index contributed by atoms with van der Waals surface area (Å²) in [6.45, 7) is -1.24. The summed E-state index contributed by atoms with van der Waals surface area (Å²) >= 11 is 0. The lowest BCUT2D eigenvalue weighted by atomic mass is 10.1. The van der Waals surface area contributed by atoms with Crippen LogP contribution in [0.25, 0.3) is 10.8 Å². The number of H-pyrrole nitrogens is 1. The molecular weight excluding hydrogens is 373 g/mol. The molecule has 2 aromatic carbocycles. The van der Waals surface area contributed by atoms with Crippen LogP contribution in [-0.4, -0.2) is 23.7 Å². The Kier molecular flexibility index (Phi) is 5.79. The van der Waals surface area contributed by atoms with Crippen molar-refractivity contribution < 1.29 is 22.7 Å². The highest BCUT2D eigenvalue weighted by Crippen LogP contribution is 2.16. The molecule has 2 N–H and O–H groups in total. The van der Waals surface area contributed by atoms with E-state index in [1.54, 1.807) is 54.6 Å². The van der Waals surface area contributed by atoms with Crippen molar-refractivity contribution in [2.24, 2.45) is 0 Å². The fourth-order valence-electron chi connectivity index (χ4n) is 2.65. The minimum absolute atomic E-state index is 0.148. The maximum atomic E-state index is 12.3. The van der Waals surface area contributed by atoms with Crippen LogP contribution in [0.5, 0.6) is 0 Å². The number of carbonyl (C=O) groups is 1. The van der Waals surface area contributed by atoms with Crippen molar-refractivity contribution in [2.45, 2.75) is 19.3 Å². The molecule has 8 heteroatoms. The van der Waals surface area contributed by atoms with Crippen LogP contribution in [-0.2, 0) is 17.9 Å². The zero-order chi connectivity index (χ0) is 20.1. The highest BCUT2D eigenvalue weighted by Gasteiger charge is 2.27. The van der Waals surface area contributed by atoms with Gasteiger partial charge in [0.1, 0.15) is 12.3 Å². The van der Waals surface area contributed by atoms with Crippen molar-refractivity contribution in [2.75, 3.05) is 6.61 Å². The number of alkyl halides is 3. The fourth-order valence-corrected chi connectivity index (χ4v) is 2.65. The average Bonchev–Trinajstić information content (AvgIpc) is 2.66. The smallest absolute Gasteiger partial charge is 0.367 e. The van der Waals surface area contributed by atoms with Gasteiger partial charge in [0.15, 0.2) is 0 Å². The number of ether oxygens (including phenoxy) is 1. The van der Waals surface area contributed by atoms with Gasteiger partial charge < -0.3 is 15.0 Å². The first-order valence-electron chi connectivity index (χ1n) is 8.44. The SMILES string of the molecule is O=C(NCc1ccc(COCC(F)(F)F)cc1)c1cc2ccccc2c(=O)[nH]1. The Morgan fingerprint density at radius 2 is 1.71 bits per heavy atom. The van der Waals surface area contributed by atoms with Crippen LogP contribution in [0.4, 0.5) is 13.2 Å². The topological polar surface area (TPSA) is 71.2 Å². The Morgan fingerprint density at radius 3 is 2.43 bits per heavy atom. The van der Waals surface area contributed by atoms with Crippen LogP contribution in [0.2, 0.25) is 0 Å². The summed E-state index contributed by atoms with van der Waals surface area (Å²) in [6.07, 6.45) is -4.35. The quantitative estimate of drug-likeness (QED) is 0.676. The molecular formula is C20H17F3N2O3. The van der Waals surface area contributed by atoms with Crippen LogP contribution in [0.15, 0.2) is 59.4 Å². The van der Waals surface area contributed by atoms with Gasteiger partial charge in [-0.3, -0.25) is 9.59 Å². The highest BCUT2D eigenvalue weighted by molar-refractivity contribution is 5.96. The van der Waals surface area contributed by atoms with Gasteiger partial charge >= 0.3 is 6.18 Å². The number of aromatic amines is 1. The van der Waals surface area contributed by atoms with Gasteiger partial charge in [-0.2, -0.15) is 13.2 Å². The third-order valence-electron chi connectivity index (χ3n) is 4.01. The number of rotatable bonds is 6. The number of hydrogen-bond acceptors (Lipinski definition) is 3. The Bertz CT molecular complexity index is 1030. The molecule has 0 atom stereocenters. The molecule has 1 heterocycles. The van der Waals surface area contributed by atoms with Crippen molar-refractivity contribution in [3.05, 3.63) is 81.8 Å². The van der Waals surface area contributed by atoms with E-state index in [-0.39, 0.29) is 24.4 Å². The highest BCUT2D eigenvalue weighted by atomic mass is 19.4. The first-order valence-corrected chi connectivity index (χ1v) is 8.44. The van der Waals surface area contributed by atoms with E-state index in [1.807, 2.05) is 0 Å². The second kappa shape index (κ2) is 8.26. The van der Waals surface area contributed by atoms with E-state index in [2.05, 4.69) is 15.0 Å². The molecule has 0 bridgehead atoms. The van der Waals surface area contributed by atoms with Gasteiger partial charge in [-0.1, -0.05) is 42.5 Å². The number of fused-ring (bicyclic) bond motifs is 1. The lowest BCUT2D eigenvalue weighted by molar-refractivity contribution is -0.176. The van der Waals surface area contributed by atoms with Gasteiger partial charge in [0.05, 0.1) is 6.61 Å². The molecule has 0 unspecified atom stereocenters. The summed E-state index contributed by atoms with van der Waals surface area (Å²) in [6, 6.07) is 15.2. The predicted octanol–water partition coefficient (Wildman–Crippen LogP) is 3.54. The molecule has 0 aliphatic carbocycles. The van der Waals surface area contributed by atoms with Crippen molar-refractivity contribution in [3.8, 4) is 0 Å². The molecule has 0 aliphatic heterocycles. The second-order valence-electron chi connectivity index (χ2n) is 6.21. The molecule has 0 spiro atoms. The van der Waals surface area contributed by atoms with Crippen LogP contribution < -0.4 is 10.9 Å². The Labute approximate surface area is 158 Å². The summed E-state index contributed by atoms with van der Waals surface area (Å²) < 4.78 is 40.8. The summed E-state index contributed by atoms with van der Waals surface area (Å²) in [4.78, 5) is 26.9. The van der Waals surface area contributed by atoms with Crippen LogP contribution >= 0.6 is 0 Å². The monoisotopic (exact) mass is 390 g/mol. The van der Waals surface area contributed by atoms with E-state index in [0.717, 1.165) is 5.56 Å². The molecule has 0 radical (unpaired) electrons. The van der Waals surface area contributed by atoms with E-state index in [9.17, 15) is 22.8 Å². The maximum Gasteiger partial charge on any atom is 0.411 e. The van der Waals surface area contributed by atoms with Crippen molar-refractivity contribution in [1.82, 2.24) is 10.3 Å². The molecule has 3 rings (SSSR count). The van der Waals surface area contributed by atoms with Gasteiger partial charge in [0.25, 0.3) is 11.5 Å². The van der Waals surface area contributed by atoms with Gasteiger partial charge in [-0.15, -0.1) is 0 Å². The predicted molar refractivity (Wildman–Crippen MR) is 97.9 cm³/mol. The minimum Gasteiger partial charge on any atom is -0.367 e. The Balaban J connectivity index is 1.58. The number of carbonyl (C=O) groups excluding carboxylic acids is 1. The van der Waals surface area contributed by atoms with E-state index in [0.29, 0.717) is 16.3 Å². The van der Waals surface area contributed by atoms with E-state index < -0.39 is 18.7 Å². The standard InChI is InChI=1S/C20H17F3N2O3/c21-20(22,23)12-28-11-14-7-5-13(6-8-14)10-24-19(27)17-9-15-3-1-2-4-16(15)18(26)25-17/h1-9H,10-12H2,(H,24,27)(H,25,26). The Hall–Kier alpha value is -3.13. The number of aromatic nitrogens is 1. The molecule has 3 aromatic rings. The van der Waals surface area contributed by atoms with E-state index in [1.165, 1.54) is 0 Å². The molecule has 0 saturated heterocycles. The van der Waals surface area contributed by atoms with Crippen LogP contribution in [0.3, 0.4) is 0 Å². The number of halogens is 3. The number of benzene rings is 2. The Morgan fingerprint density at radius 1 is 1.04 bits per heavy atom. The summed E-state index contributed by atoms with van der Waals surface area (Å²) in [7, 11) is 0. The summed E-state index contributed by atoms with van der Waals surface area (Å²) in [5, 5.41) is 3.87. The van der Waals surface area contributed by atoms with Crippen LogP contribution in [0.1, 0.15) is 21.6 Å². The van der Waals surface area contributed by atoms with Crippen LogP contribution in [0, 0.1) is 0 Å². The van der Waals surface area contributed by atoms with Crippen molar-refractivity contribution in [1.29, 1.82) is 0 Å². The number of hydrogen-bond donors (Lipinski definition) is 2. The number of nitrogens with one attached hydrogen (secondary N) is 2. The normalized spacial score (nSPS) is 11.5. The zero-order valence-electron chi connectivity index (χ0n) is 14.7. The minimum atomic E-state index is -4.35. The maximum absolute atomic E-state index is 12.3. The second-order valence-corrected chi connectivity index (χ2v) is 6.21. The molecule has 1 aromatic heterocycles. The molecule has 28 heavy (non-hydrogen) atoms. The third kappa shape index (κ3) is 5.20. The largest absolute Gasteiger partial charge is 0.411 e. The van der Waals surface area contributed by atoms with Crippen molar-refractivity contribution in [3.63, 3.8) is 0 Å². The first kappa shape index (κ1) is 19.6. The molecule has 5 nitrogen and oxygen atoms in total. The number of amides is 1. The van der Waals surface area contributed by atoms with Gasteiger partial charge in [0.2, 0.25) is 0 Å². The molecule has 0 fully saturated rings. The van der Waals surface area contributed by atoms with E-state index >= 15 is 0 Å². The summed E-state index contributed by atoms with van der Waals surface area (Å²) in [5.74, 6) is -0.430. The molecule has 146 valence electrons. The zero-order valence-corrected chi connectivity index (χ0v) is 14.7. The molecule has 0 saturated carbocycles. The third-order valence-corrected chi connectivity index (χ3v) is 4.01. The number of pyridine rings is 1. The van der Waals surface area contributed by atoms with E-state index in [4.69, 9.17) is 0 Å².